The Morgan fingerprint density at radius 3 is 1.20 bits per heavy atom. The Kier molecular flexibility index (Phi) is 3.45. The number of hydrogen-bond acceptors (Lipinski definition) is 4. The van der Waals surface area contributed by atoms with Gasteiger partial charge in [0, 0.05) is 0 Å². The lowest BCUT2D eigenvalue weighted by atomic mass is 9.90. The van der Waals surface area contributed by atoms with Crippen LogP contribution in [-0.2, 0) is 0 Å². The van der Waals surface area contributed by atoms with E-state index in [4.69, 9.17) is 0 Å². The summed E-state index contributed by atoms with van der Waals surface area (Å²) in [6, 6.07) is 33.4. The lowest BCUT2D eigenvalue weighted by Crippen LogP contribution is -2.13. The van der Waals surface area contributed by atoms with Crippen LogP contribution in [0.25, 0.3) is 64.6 Å². The summed E-state index contributed by atoms with van der Waals surface area (Å²) in [4.78, 5) is 28.1. The van der Waals surface area contributed by atoms with Crippen LogP contribution < -0.4 is 10.6 Å². The van der Waals surface area contributed by atoms with Gasteiger partial charge in [-0.25, -0.2) is 0 Å². The molecule has 0 bridgehead atoms. The van der Waals surface area contributed by atoms with Crippen molar-refractivity contribution in [3.05, 3.63) is 120 Å². The van der Waals surface area contributed by atoms with Crippen LogP contribution in [0.5, 0.6) is 0 Å². The first-order valence-corrected chi connectivity index (χ1v) is 13.4. The third kappa shape index (κ3) is 2.30. The number of Topliss-reactive ketones (excluding diaryl/α,β-unsaturated/α-hetero) is 2. The Hall–Kier alpha value is -5.48. The molecule has 0 fully saturated rings. The first-order valence-electron chi connectivity index (χ1n) is 13.4. The molecule has 0 saturated carbocycles. The van der Waals surface area contributed by atoms with Gasteiger partial charge >= 0.3 is 0 Å². The summed E-state index contributed by atoms with van der Waals surface area (Å²) in [5.74, 6) is -0.309. The van der Waals surface area contributed by atoms with Gasteiger partial charge in [0.25, 0.3) is 0 Å². The maximum absolute atomic E-state index is 14.1. The molecule has 0 atom stereocenters. The van der Waals surface area contributed by atoms with Crippen LogP contribution in [0.1, 0.15) is 20.7 Å². The normalized spacial score (nSPS) is 16.7. The monoisotopic (exact) mass is 510 g/mol. The molecule has 2 aliphatic heterocycles. The number of carbonyl (C=O) groups excluding carboxylic acids is 2. The fourth-order valence-corrected chi connectivity index (χ4v) is 7.29. The summed E-state index contributed by atoms with van der Waals surface area (Å²) in [5.41, 5.74) is 3.36. The topological polar surface area (TPSA) is 58.2 Å². The molecule has 0 aromatic heterocycles. The molecule has 8 aromatic carbocycles. The van der Waals surface area contributed by atoms with Crippen LogP contribution in [0.3, 0.4) is 0 Å². The molecule has 4 nitrogen and oxygen atoms in total. The maximum atomic E-state index is 14.1. The Labute approximate surface area is 227 Å². The quantitative estimate of drug-likeness (QED) is 0.158. The standard InChI is InChI=1S/C36H18N2O2/c39-35-31-23-13-11-19-5-1-3-17-7-9-21(29(23)27(17)19)15-25(31)37-33(35)34-36(40)32-24-14-12-20-6-2-4-18-8-10-22(16-26(32)38-34)30(24)28(18)20/h1-16,37-38H/b34-33+. The van der Waals surface area contributed by atoms with Crippen LogP contribution in [0.2, 0.25) is 0 Å². The number of ketones is 2. The highest BCUT2D eigenvalue weighted by atomic mass is 16.1. The molecule has 10 rings (SSSR count). The van der Waals surface area contributed by atoms with Gasteiger partial charge in [-0.2, -0.15) is 0 Å². The lowest BCUT2D eigenvalue weighted by molar-refractivity contribution is 0.101. The zero-order chi connectivity index (χ0) is 26.3. The van der Waals surface area contributed by atoms with Gasteiger partial charge < -0.3 is 10.6 Å². The molecule has 2 N–H and O–H groups in total. The predicted octanol–water partition coefficient (Wildman–Crippen LogP) is 8.61. The lowest BCUT2D eigenvalue weighted by Gasteiger charge is -2.12. The fraction of sp³-hybridized carbons (Fsp3) is 0. The molecular weight excluding hydrogens is 492 g/mol. The largest absolute Gasteiger partial charge is 0.350 e. The number of nitrogens with one attached hydrogen (secondary N) is 2. The third-order valence-corrected chi connectivity index (χ3v) is 8.97. The minimum Gasteiger partial charge on any atom is -0.350 e. The van der Waals surface area contributed by atoms with Gasteiger partial charge in [0.15, 0.2) is 0 Å². The zero-order valence-electron chi connectivity index (χ0n) is 21.1. The Morgan fingerprint density at radius 1 is 0.400 bits per heavy atom. The summed E-state index contributed by atoms with van der Waals surface area (Å²) in [6.07, 6.45) is 0. The molecule has 0 unspecified atom stereocenters. The minimum atomic E-state index is -0.155. The molecule has 0 radical (unpaired) electrons. The second kappa shape index (κ2) is 6.74. The van der Waals surface area contributed by atoms with Crippen LogP contribution in [-0.4, -0.2) is 11.6 Å². The Balaban J connectivity index is 1.21. The van der Waals surface area contributed by atoms with E-state index in [9.17, 15) is 9.59 Å². The van der Waals surface area contributed by atoms with Crippen molar-refractivity contribution >= 4 is 87.6 Å². The van der Waals surface area contributed by atoms with Crippen LogP contribution in [0.4, 0.5) is 11.4 Å². The summed E-state index contributed by atoms with van der Waals surface area (Å²) in [5, 5.41) is 19.8. The van der Waals surface area contributed by atoms with E-state index < -0.39 is 0 Å². The molecule has 2 heterocycles. The van der Waals surface area contributed by atoms with Gasteiger partial charge in [-0.05, 0) is 76.8 Å². The third-order valence-electron chi connectivity index (χ3n) is 8.97. The number of rotatable bonds is 0. The van der Waals surface area contributed by atoms with Gasteiger partial charge in [-0.15, -0.1) is 0 Å². The van der Waals surface area contributed by atoms with Gasteiger partial charge in [-0.3, -0.25) is 9.59 Å². The SMILES string of the molecule is O=C1/C(=C2\Nc3cc4ccc5cccc6ccc(c3C2=O)c4c56)Nc2cc3ccc4cccc5ccc(c21)c3c45. The van der Waals surface area contributed by atoms with Crippen LogP contribution in [0, 0.1) is 0 Å². The highest BCUT2D eigenvalue weighted by Crippen LogP contribution is 2.46. The van der Waals surface area contributed by atoms with Crippen molar-refractivity contribution in [2.24, 2.45) is 0 Å². The van der Waals surface area contributed by atoms with Crippen molar-refractivity contribution in [1.82, 2.24) is 0 Å². The maximum Gasteiger partial charge on any atom is 0.214 e. The molecular formula is C36H18N2O2. The number of benzene rings is 8. The average Bonchev–Trinajstić information content (AvgIpc) is 3.49. The summed E-state index contributed by atoms with van der Waals surface area (Å²) >= 11 is 0. The summed E-state index contributed by atoms with van der Waals surface area (Å²) < 4.78 is 0. The van der Waals surface area contributed by atoms with E-state index in [2.05, 4.69) is 83.4 Å². The van der Waals surface area contributed by atoms with Gasteiger partial charge in [0.1, 0.15) is 11.4 Å². The molecule has 4 heteroatoms. The molecule has 8 aromatic rings. The molecule has 0 spiro atoms. The number of fused-ring (bicyclic) bond motifs is 4. The number of carbonyl (C=O) groups is 2. The number of hydrogen-bond donors (Lipinski definition) is 2. The van der Waals surface area contributed by atoms with Gasteiger partial charge in [0.05, 0.1) is 22.5 Å². The molecule has 184 valence electrons. The van der Waals surface area contributed by atoms with Crippen molar-refractivity contribution in [3.63, 3.8) is 0 Å². The second-order valence-electron chi connectivity index (χ2n) is 11.0. The second-order valence-corrected chi connectivity index (χ2v) is 11.0. The number of allylic oxidation sites excluding steroid dienone is 2. The highest BCUT2D eigenvalue weighted by molar-refractivity contribution is 6.37. The molecule has 40 heavy (non-hydrogen) atoms. The Bertz CT molecular complexity index is 2310. The van der Waals surface area contributed by atoms with Crippen molar-refractivity contribution in [2.45, 2.75) is 0 Å². The van der Waals surface area contributed by atoms with E-state index >= 15 is 0 Å². The molecule has 0 amide bonds. The number of anilines is 2. The Morgan fingerprint density at radius 2 is 0.775 bits per heavy atom. The minimum absolute atomic E-state index is 0.155. The van der Waals surface area contributed by atoms with Crippen molar-refractivity contribution in [1.29, 1.82) is 0 Å². The fourth-order valence-electron chi connectivity index (χ4n) is 7.29. The predicted molar refractivity (Wildman–Crippen MR) is 163 cm³/mol. The van der Waals surface area contributed by atoms with Crippen LogP contribution >= 0.6 is 0 Å². The highest BCUT2D eigenvalue weighted by Gasteiger charge is 2.37. The molecule has 2 aliphatic rings. The first-order chi connectivity index (χ1) is 19.7. The van der Waals surface area contributed by atoms with E-state index in [1.165, 1.54) is 10.8 Å². The molecule has 0 aliphatic carbocycles. The summed E-state index contributed by atoms with van der Waals surface area (Å²) in [7, 11) is 0. The summed E-state index contributed by atoms with van der Waals surface area (Å²) in [6.45, 7) is 0. The van der Waals surface area contributed by atoms with Crippen molar-refractivity contribution in [2.75, 3.05) is 10.6 Å². The van der Waals surface area contributed by atoms with Crippen molar-refractivity contribution < 1.29 is 9.59 Å². The first kappa shape index (κ1) is 20.5. The van der Waals surface area contributed by atoms with E-state index in [1.54, 1.807) is 0 Å². The average molecular weight is 511 g/mol. The van der Waals surface area contributed by atoms with Crippen LogP contribution in [0.15, 0.2) is 108 Å². The van der Waals surface area contributed by atoms with Crippen molar-refractivity contribution in [3.8, 4) is 0 Å². The van der Waals surface area contributed by atoms with E-state index in [1.807, 2.05) is 24.3 Å². The van der Waals surface area contributed by atoms with Gasteiger partial charge in [0.2, 0.25) is 11.6 Å². The van der Waals surface area contributed by atoms with Gasteiger partial charge in [-0.1, -0.05) is 84.9 Å². The van der Waals surface area contributed by atoms with E-state index in [0.717, 1.165) is 65.2 Å². The molecule has 0 saturated heterocycles. The zero-order valence-corrected chi connectivity index (χ0v) is 21.1. The van der Waals surface area contributed by atoms with E-state index in [-0.39, 0.29) is 11.6 Å². The van der Waals surface area contributed by atoms with E-state index in [0.29, 0.717) is 22.5 Å². The smallest absolute Gasteiger partial charge is 0.214 e.